The zero-order chi connectivity index (χ0) is 16.3. The molecule has 5 rings (SSSR count). The highest BCUT2D eigenvalue weighted by molar-refractivity contribution is 5.72. The van der Waals surface area contributed by atoms with Crippen LogP contribution < -0.4 is 5.32 Å². The van der Waals surface area contributed by atoms with Crippen molar-refractivity contribution < 1.29 is 4.52 Å². The van der Waals surface area contributed by atoms with E-state index in [0.29, 0.717) is 17.2 Å². The minimum atomic E-state index is 0.390. The first-order chi connectivity index (χ1) is 11.7. The summed E-state index contributed by atoms with van der Waals surface area (Å²) in [6.45, 7) is 6.18. The van der Waals surface area contributed by atoms with Crippen LogP contribution in [0.5, 0.6) is 0 Å². The molecule has 3 aromatic rings. The Balaban J connectivity index is 1.50. The molecule has 1 N–H and O–H groups in total. The van der Waals surface area contributed by atoms with Crippen LogP contribution in [0.25, 0.3) is 17.0 Å². The quantitative estimate of drug-likeness (QED) is 0.779. The highest BCUT2D eigenvalue weighted by Crippen LogP contribution is 2.63. The van der Waals surface area contributed by atoms with E-state index >= 15 is 0 Å². The van der Waals surface area contributed by atoms with Gasteiger partial charge in [-0.25, -0.2) is 9.50 Å². The van der Waals surface area contributed by atoms with E-state index in [2.05, 4.69) is 25.5 Å². The molecule has 1 saturated carbocycles. The van der Waals surface area contributed by atoms with Gasteiger partial charge in [0.25, 0.3) is 0 Å². The van der Waals surface area contributed by atoms with E-state index in [1.54, 1.807) is 6.20 Å². The van der Waals surface area contributed by atoms with Gasteiger partial charge in [-0.15, -0.1) is 0 Å². The van der Waals surface area contributed by atoms with Crippen LogP contribution in [-0.2, 0) is 0 Å². The molecule has 1 aliphatic carbocycles. The van der Waals surface area contributed by atoms with Crippen LogP contribution in [0.2, 0.25) is 0 Å². The van der Waals surface area contributed by atoms with Gasteiger partial charge < -0.3 is 9.84 Å². The van der Waals surface area contributed by atoms with Crippen LogP contribution in [0.3, 0.4) is 0 Å². The highest BCUT2D eigenvalue weighted by atomic mass is 16.5. The molecule has 1 atom stereocenters. The van der Waals surface area contributed by atoms with E-state index in [4.69, 9.17) is 4.52 Å². The molecule has 0 aromatic carbocycles. The number of fused-ring (bicyclic) bond motifs is 1. The van der Waals surface area contributed by atoms with Crippen molar-refractivity contribution >= 4 is 5.65 Å². The van der Waals surface area contributed by atoms with Gasteiger partial charge >= 0.3 is 0 Å². The smallest absolute Gasteiger partial charge is 0.230 e. The molecule has 2 aliphatic rings. The second-order valence-corrected chi connectivity index (χ2v) is 7.16. The Labute approximate surface area is 139 Å². The fourth-order valence-corrected chi connectivity index (χ4v) is 4.09. The predicted molar refractivity (Wildman–Crippen MR) is 87.6 cm³/mol. The van der Waals surface area contributed by atoms with Crippen LogP contribution in [0, 0.1) is 19.3 Å². The number of rotatable bonds is 2. The number of hydrogen-bond acceptors (Lipinski definition) is 6. The Kier molecular flexibility index (Phi) is 2.85. The molecule has 124 valence electrons. The number of piperidine rings is 1. The molecule has 0 bridgehead atoms. The molecule has 4 heterocycles. The topological polar surface area (TPSA) is 81.1 Å². The maximum atomic E-state index is 5.60. The Morgan fingerprint density at radius 2 is 2.08 bits per heavy atom. The van der Waals surface area contributed by atoms with Crippen LogP contribution in [0.1, 0.15) is 42.5 Å². The molecule has 24 heavy (non-hydrogen) atoms. The van der Waals surface area contributed by atoms with Gasteiger partial charge in [0.1, 0.15) is 0 Å². The van der Waals surface area contributed by atoms with Crippen LogP contribution in [0.4, 0.5) is 0 Å². The molecule has 7 heteroatoms. The molecular formula is C17H20N6O. The zero-order valence-electron chi connectivity index (χ0n) is 13.9. The number of nitrogens with zero attached hydrogens (tertiary/aromatic N) is 5. The first-order valence-electron chi connectivity index (χ1n) is 8.53. The minimum Gasteiger partial charge on any atom is -0.339 e. The summed E-state index contributed by atoms with van der Waals surface area (Å²) in [7, 11) is 0. The SMILES string of the molecule is Cc1cc(C)n2ncc(-c3noc(C4CC45CCNCC5)n3)c2n1. The first-order valence-corrected chi connectivity index (χ1v) is 8.53. The Hall–Kier alpha value is -2.28. The Morgan fingerprint density at radius 3 is 2.92 bits per heavy atom. The van der Waals surface area contributed by atoms with E-state index in [9.17, 15) is 0 Å². The Bertz CT molecular complexity index is 920. The fraction of sp³-hybridized carbons (Fsp3) is 0.529. The van der Waals surface area contributed by atoms with E-state index in [-0.39, 0.29) is 0 Å². The third-order valence-electron chi connectivity index (χ3n) is 5.55. The lowest BCUT2D eigenvalue weighted by atomic mass is 9.92. The van der Waals surface area contributed by atoms with E-state index in [0.717, 1.165) is 41.6 Å². The monoisotopic (exact) mass is 324 g/mol. The summed E-state index contributed by atoms with van der Waals surface area (Å²) in [4.78, 5) is 9.28. The van der Waals surface area contributed by atoms with Gasteiger partial charge in [-0.1, -0.05) is 5.16 Å². The largest absolute Gasteiger partial charge is 0.339 e. The van der Waals surface area contributed by atoms with Crippen LogP contribution >= 0.6 is 0 Å². The average Bonchev–Trinajstić information content (AvgIpc) is 2.93. The van der Waals surface area contributed by atoms with Crippen molar-refractivity contribution in [1.29, 1.82) is 0 Å². The lowest BCUT2D eigenvalue weighted by Gasteiger charge is -2.22. The summed E-state index contributed by atoms with van der Waals surface area (Å²) in [6.07, 6.45) is 5.34. The molecule has 1 saturated heterocycles. The van der Waals surface area contributed by atoms with E-state index in [1.807, 2.05) is 24.4 Å². The third-order valence-corrected chi connectivity index (χ3v) is 5.55. The summed E-state index contributed by atoms with van der Waals surface area (Å²) in [5.74, 6) is 1.78. The molecule has 1 aliphatic heterocycles. The lowest BCUT2D eigenvalue weighted by molar-refractivity contribution is 0.311. The van der Waals surface area contributed by atoms with Crippen molar-refractivity contribution in [3.05, 3.63) is 29.5 Å². The normalized spacial score (nSPS) is 22.3. The lowest BCUT2D eigenvalue weighted by Crippen LogP contribution is -2.29. The van der Waals surface area contributed by atoms with Crippen LogP contribution in [0.15, 0.2) is 16.8 Å². The van der Waals surface area contributed by atoms with Crippen molar-refractivity contribution in [3.8, 4) is 11.4 Å². The fourth-order valence-electron chi connectivity index (χ4n) is 4.09. The summed E-state index contributed by atoms with van der Waals surface area (Å²) < 4.78 is 7.43. The van der Waals surface area contributed by atoms with Crippen molar-refractivity contribution in [1.82, 2.24) is 30.1 Å². The Morgan fingerprint density at radius 1 is 1.25 bits per heavy atom. The first kappa shape index (κ1) is 14.1. The average molecular weight is 324 g/mol. The maximum Gasteiger partial charge on any atom is 0.230 e. The van der Waals surface area contributed by atoms with E-state index < -0.39 is 0 Å². The number of hydrogen-bond donors (Lipinski definition) is 1. The molecular weight excluding hydrogens is 304 g/mol. The molecule has 0 radical (unpaired) electrons. The summed E-state index contributed by atoms with van der Waals surface area (Å²) >= 11 is 0. The van der Waals surface area contributed by atoms with Crippen molar-refractivity contribution in [2.45, 2.75) is 39.0 Å². The highest BCUT2D eigenvalue weighted by Gasteiger charge is 2.57. The van der Waals surface area contributed by atoms with Crippen molar-refractivity contribution in [2.75, 3.05) is 13.1 Å². The van der Waals surface area contributed by atoms with Crippen molar-refractivity contribution in [2.24, 2.45) is 5.41 Å². The van der Waals surface area contributed by atoms with E-state index in [1.165, 1.54) is 19.3 Å². The summed E-state index contributed by atoms with van der Waals surface area (Å²) in [5, 5.41) is 12.0. The number of nitrogens with one attached hydrogen (secondary N) is 1. The van der Waals surface area contributed by atoms with Crippen molar-refractivity contribution in [3.63, 3.8) is 0 Å². The molecule has 1 unspecified atom stereocenters. The number of aryl methyl sites for hydroxylation is 2. The minimum absolute atomic E-state index is 0.390. The number of aromatic nitrogens is 5. The molecule has 7 nitrogen and oxygen atoms in total. The van der Waals surface area contributed by atoms with Gasteiger partial charge in [0.2, 0.25) is 11.7 Å². The van der Waals surface area contributed by atoms with Crippen LogP contribution in [-0.4, -0.2) is 37.8 Å². The summed E-state index contributed by atoms with van der Waals surface area (Å²) in [6, 6.07) is 2.01. The van der Waals surface area contributed by atoms with Gasteiger partial charge in [-0.2, -0.15) is 10.1 Å². The van der Waals surface area contributed by atoms with Gasteiger partial charge in [0.05, 0.1) is 11.8 Å². The van der Waals surface area contributed by atoms with Gasteiger partial charge in [0.15, 0.2) is 5.65 Å². The second kappa shape index (κ2) is 4.86. The second-order valence-electron chi connectivity index (χ2n) is 7.16. The zero-order valence-corrected chi connectivity index (χ0v) is 13.9. The molecule has 2 fully saturated rings. The molecule has 0 amide bonds. The maximum absolute atomic E-state index is 5.60. The summed E-state index contributed by atoms with van der Waals surface area (Å²) in [5.41, 5.74) is 4.01. The predicted octanol–water partition coefficient (Wildman–Crippen LogP) is 2.25. The third kappa shape index (κ3) is 2.00. The standard InChI is InChI=1S/C17H20N6O/c1-10-7-11(2)23-15(20-10)12(9-19-23)14-21-16(24-22-14)13-8-17(13)3-5-18-6-4-17/h7,9,13,18H,3-6,8H2,1-2H3. The molecule has 3 aromatic heterocycles. The molecule has 1 spiro atoms. The van der Waals surface area contributed by atoms with Gasteiger partial charge in [-0.3, -0.25) is 0 Å². The van der Waals surface area contributed by atoms with Gasteiger partial charge in [0, 0.05) is 17.3 Å². The van der Waals surface area contributed by atoms with Gasteiger partial charge in [-0.05, 0) is 57.7 Å².